The summed E-state index contributed by atoms with van der Waals surface area (Å²) in [4.78, 5) is 9.34. The molecule has 0 aliphatic carbocycles. The van der Waals surface area contributed by atoms with Crippen LogP contribution in [0.3, 0.4) is 0 Å². The van der Waals surface area contributed by atoms with Crippen molar-refractivity contribution in [3.8, 4) is 0 Å². The molecule has 4 nitrogen and oxygen atoms in total. The molecule has 0 aliphatic heterocycles. The number of nitrogens with zero attached hydrogens (tertiary/aromatic N) is 2. The Morgan fingerprint density at radius 2 is 1.22 bits per heavy atom. The quantitative estimate of drug-likeness (QED) is 0.545. The second-order valence-electron chi connectivity index (χ2n) is 5.52. The molecule has 0 fully saturated rings. The third-order valence-corrected chi connectivity index (χ3v) is 5.85. The molecule has 23 heavy (non-hydrogen) atoms. The number of fused-ring (bicyclic) bond motifs is 2. The average molecular weight is 340 g/mol. The first-order valence-corrected chi connectivity index (χ1v) is 9.10. The van der Waals surface area contributed by atoms with Gasteiger partial charge in [-0.15, -0.1) is 22.7 Å². The molecule has 0 saturated heterocycles. The number of nitrogens with two attached hydrogens (primary N) is 2. The maximum absolute atomic E-state index is 5.82. The van der Waals surface area contributed by atoms with Gasteiger partial charge >= 0.3 is 0 Å². The van der Waals surface area contributed by atoms with Gasteiger partial charge in [-0.3, -0.25) is 0 Å². The molecule has 2 aromatic heterocycles. The molecular formula is C17H16N4S2. The van der Waals surface area contributed by atoms with Crippen LogP contribution in [0.25, 0.3) is 20.4 Å². The van der Waals surface area contributed by atoms with Crippen molar-refractivity contribution in [1.29, 1.82) is 0 Å². The topological polar surface area (TPSA) is 77.8 Å². The molecule has 6 heteroatoms. The lowest BCUT2D eigenvalue weighted by atomic mass is 10.2. The van der Waals surface area contributed by atoms with Gasteiger partial charge in [-0.05, 0) is 55.7 Å². The molecule has 0 bridgehead atoms. The molecule has 116 valence electrons. The van der Waals surface area contributed by atoms with Crippen LogP contribution in [-0.2, 0) is 12.8 Å². The highest BCUT2D eigenvalue weighted by molar-refractivity contribution is 7.19. The zero-order valence-corrected chi connectivity index (χ0v) is 14.1. The summed E-state index contributed by atoms with van der Waals surface area (Å²) in [7, 11) is 0. The molecule has 4 aromatic rings. The summed E-state index contributed by atoms with van der Waals surface area (Å²) in [5, 5.41) is 2.33. The lowest BCUT2D eigenvalue weighted by Crippen LogP contribution is -1.88. The maximum atomic E-state index is 5.82. The van der Waals surface area contributed by atoms with Crippen LogP contribution >= 0.6 is 22.7 Å². The number of aryl methyl sites for hydroxylation is 2. The lowest BCUT2D eigenvalue weighted by Gasteiger charge is -1.94. The van der Waals surface area contributed by atoms with Crippen LogP contribution in [0.5, 0.6) is 0 Å². The zero-order valence-electron chi connectivity index (χ0n) is 12.5. The number of hydrogen-bond donors (Lipinski definition) is 2. The van der Waals surface area contributed by atoms with Crippen LogP contribution in [0.2, 0.25) is 0 Å². The van der Waals surface area contributed by atoms with E-state index in [2.05, 4.69) is 9.97 Å². The Balaban J connectivity index is 1.45. The fraction of sp³-hybridized carbons (Fsp3) is 0.176. The number of aromatic nitrogens is 2. The van der Waals surface area contributed by atoms with E-state index in [-0.39, 0.29) is 0 Å². The van der Waals surface area contributed by atoms with E-state index in [9.17, 15) is 0 Å². The number of hydrogen-bond acceptors (Lipinski definition) is 6. The van der Waals surface area contributed by atoms with Crippen molar-refractivity contribution in [2.75, 3.05) is 11.5 Å². The van der Waals surface area contributed by atoms with E-state index >= 15 is 0 Å². The minimum Gasteiger partial charge on any atom is -0.399 e. The predicted molar refractivity (Wildman–Crippen MR) is 100 cm³/mol. The van der Waals surface area contributed by atoms with Gasteiger partial charge in [0.05, 0.1) is 30.4 Å². The van der Waals surface area contributed by atoms with Crippen molar-refractivity contribution in [1.82, 2.24) is 9.97 Å². The Labute approximate surface area is 141 Å². The van der Waals surface area contributed by atoms with Crippen LogP contribution < -0.4 is 11.5 Å². The monoisotopic (exact) mass is 340 g/mol. The molecule has 4 N–H and O–H groups in total. The summed E-state index contributed by atoms with van der Waals surface area (Å²) < 4.78 is 2.32. The standard InChI is InChI=1S/C17H16N4S2/c18-10-4-6-12-14(8-10)22-16(20-12)2-1-3-17-21-13-7-5-11(19)9-15(13)23-17/h4-9H,1-3,18-19H2. The van der Waals surface area contributed by atoms with Gasteiger partial charge < -0.3 is 11.5 Å². The van der Waals surface area contributed by atoms with Gasteiger partial charge in [0.2, 0.25) is 0 Å². The van der Waals surface area contributed by atoms with E-state index in [1.807, 2.05) is 36.4 Å². The molecule has 0 saturated carbocycles. The minimum atomic E-state index is 0.793. The third-order valence-electron chi connectivity index (χ3n) is 3.69. The maximum Gasteiger partial charge on any atom is 0.0938 e. The second kappa shape index (κ2) is 5.79. The summed E-state index contributed by atoms with van der Waals surface area (Å²) >= 11 is 3.46. The highest BCUT2D eigenvalue weighted by atomic mass is 32.1. The van der Waals surface area contributed by atoms with E-state index in [1.165, 1.54) is 0 Å². The van der Waals surface area contributed by atoms with E-state index in [4.69, 9.17) is 11.5 Å². The summed E-state index contributed by atoms with van der Waals surface area (Å²) in [5.41, 5.74) is 15.3. The van der Waals surface area contributed by atoms with Crippen molar-refractivity contribution in [2.45, 2.75) is 19.3 Å². The van der Waals surface area contributed by atoms with E-state index < -0.39 is 0 Å². The minimum absolute atomic E-state index is 0.793. The summed E-state index contributed by atoms with van der Waals surface area (Å²) in [6.07, 6.45) is 2.99. The van der Waals surface area contributed by atoms with E-state index in [0.717, 1.165) is 61.1 Å². The Morgan fingerprint density at radius 3 is 1.70 bits per heavy atom. The van der Waals surface area contributed by atoms with Crippen molar-refractivity contribution in [2.24, 2.45) is 0 Å². The summed E-state index contributed by atoms with van der Waals surface area (Å²) in [6.45, 7) is 0. The normalized spacial score (nSPS) is 11.5. The fourth-order valence-corrected chi connectivity index (χ4v) is 4.70. The van der Waals surface area contributed by atoms with E-state index in [1.54, 1.807) is 22.7 Å². The molecule has 0 atom stereocenters. The van der Waals surface area contributed by atoms with Gasteiger partial charge in [0.25, 0.3) is 0 Å². The highest BCUT2D eigenvalue weighted by Gasteiger charge is 2.07. The van der Waals surface area contributed by atoms with Crippen molar-refractivity contribution < 1.29 is 0 Å². The summed E-state index contributed by atoms with van der Waals surface area (Å²) in [6, 6.07) is 11.8. The molecule has 0 unspecified atom stereocenters. The van der Waals surface area contributed by atoms with Crippen LogP contribution in [0.15, 0.2) is 36.4 Å². The molecule has 0 radical (unpaired) electrons. The highest BCUT2D eigenvalue weighted by Crippen LogP contribution is 2.27. The Hall–Kier alpha value is -2.18. The van der Waals surface area contributed by atoms with Gasteiger partial charge in [0.15, 0.2) is 0 Å². The van der Waals surface area contributed by atoms with Crippen molar-refractivity contribution >= 4 is 54.5 Å². The van der Waals surface area contributed by atoms with Crippen LogP contribution in [0.1, 0.15) is 16.4 Å². The zero-order chi connectivity index (χ0) is 15.8. The second-order valence-corrected chi connectivity index (χ2v) is 7.75. The molecule has 2 aromatic carbocycles. The molecule has 0 spiro atoms. The van der Waals surface area contributed by atoms with Gasteiger partial charge in [0, 0.05) is 11.4 Å². The molecule has 0 amide bonds. The van der Waals surface area contributed by atoms with Gasteiger partial charge in [-0.2, -0.15) is 0 Å². The predicted octanol–water partition coefficient (Wildman–Crippen LogP) is 4.25. The van der Waals surface area contributed by atoms with Crippen LogP contribution in [0.4, 0.5) is 11.4 Å². The number of benzene rings is 2. The third kappa shape index (κ3) is 3.00. The number of rotatable bonds is 4. The average Bonchev–Trinajstić information content (AvgIpc) is 3.09. The molecule has 0 aliphatic rings. The Bertz CT molecular complexity index is 907. The van der Waals surface area contributed by atoms with Crippen LogP contribution in [0, 0.1) is 0 Å². The van der Waals surface area contributed by atoms with Crippen molar-refractivity contribution in [3.05, 3.63) is 46.4 Å². The van der Waals surface area contributed by atoms with Crippen molar-refractivity contribution in [3.63, 3.8) is 0 Å². The fourth-order valence-electron chi connectivity index (χ4n) is 2.58. The number of anilines is 2. The largest absolute Gasteiger partial charge is 0.399 e. The molecular weight excluding hydrogens is 324 g/mol. The smallest absolute Gasteiger partial charge is 0.0938 e. The first-order valence-electron chi connectivity index (χ1n) is 7.47. The lowest BCUT2D eigenvalue weighted by molar-refractivity contribution is 0.812. The molecule has 4 rings (SSSR count). The van der Waals surface area contributed by atoms with Crippen LogP contribution in [-0.4, -0.2) is 9.97 Å². The first kappa shape index (κ1) is 14.4. The first-order chi connectivity index (χ1) is 11.2. The van der Waals surface area contributed by atoms with E-state index in [0.29, 0.717) is 0 Å². The molecule has 2 heterocycles. The SMILES string of the molecule is Nc1ccc2nc(CCCc3nc4ccc(N)cc4s3)sc2c1. The van der Waals surface area contributed by atoms with Gasteiger partial charge in [-0.1, -0.05) is 0 Å². The van der Waals surface area contributed by atoms with Gasteiger partial charge in [0.1, 0.15) is 0 Å². The Morgan fingerprint density at radius 1 is 0.739 bits per heavy atom. The Kier molecular flexibility index (Phi) is 3.63. The number of thiazole rings is 2. The summed E-state index contributed by atoms with van der Waals surface area (Å²) in [5.74, 6) is 0. The van der Waals surface area contributed by atoms with Gasteiger partial charge in [-0.25, -0.2) is 9.97 Å². The number of nitrogen functional groups attached to an aromatic ring is 2.